The third-order valence-corrected chi connectivity index (χ3v) is 6.71. The molecule has 4 saturated carbocycles. The van der Waals surface area contributed by atoms with Crippen LogP contribution < -0.4 is 9.47 Å². The van der Waals surface area contributed by atoms with E-state index in [9.17, 15) is 4.79 Å². The maximum absolute atomic E-state index is 13.3. The summed E-state index contributed by atoms with van der Waals surface area (Å²) < 4.78 is 10.7. The third kappa shape index (κ3) is 2.90. The third-order valence-electron chi connectivity index (χ3n) is 6.71. The summed E-state index contributed by atoms with van der Waals surface area (Å²) in [6.07, 6.45) is 7.46. The van der Waals surface area contributed by atoms with E-state index < -0.39 is 0 Å². The molecule has 1 amide bonds. The molecule has 0 radical (unpaired) electrons. The van der Waals surface area contributed by atoms with Crippen molar-refractivity contribution in [3.05, 3.63) is 23.8 Å². The lowest BCUT2D eigenvalue weighted by Crippen LogP contribution is -2.53. The fourth-order valence-corrected chi connectivity index (χ4v) is 6.10. The fourth-order valence-electron chi connectivity index (χ4n) is 6.10. The summed E-state index contributed by atoms with van der Waals surface area (Å²) in [6, 6.07) is 5.91. The molecular formula is C21H29NO3. The highest BCUT2D eigenvalue weighted by atomic mass is 16.5. The monoisotopic (exact) mass is 343 g/mol. The molecule has 4 fully saturated rings. The van der Waals surface area contributed by atoms with Crippen LogP contribution in [0.15, 0.2) is 18.2 Å². The zero-order valence-electron chi connectivity index (χ0n) is 15.6. The fraction of sp³-hybridized carbons (Fsp3) is 0.667. The van der Waals surface area contributed by atoms with E-state index in [4.69, 9.17) is 9.47 Å². The van der Waals surface area contributed by atoms with E-state index in [0.717, 1.165) is 54.1 Å². The van der Waals surface area contributed by atoms with Crippen LogP contribution in [0.25, 0.3) is 0 Å². The van der Waals surface area contributed by atoms with Gasteiger partial charge in [-0.15, -0.1) is 0 Å². The molecule has 4 heteroatoms. The summed E-state index contributed by atoms with van der Waals surface area (Å²) in [5.41, 5.74) is 1.01. The lowest BCUT2D eigenvalue weighted by molar-refractivity contribution is -0.156. The van der Waals surface area contributed by atoms with Gasteiger partial charge in [-0.05, 0) is 74.0 Å². The van der Waals surface area contributed by atoms with Gasteiger partial charge >= 0.3 is 0 Å². The van der Waals surface area contributed by atoms with E-state index in [1.54, 1.807) is 14.2 Å². The normalized spacial score (nSPS) is 32.5. The van der Waals surface area contributed by atoms with Crippen LogP contribution in [0.5, 0.6) is 11.5 Å². The smallest absolute Gasteiger partial charge is 0.228 e. The predicted octanol–water partition coefficient (Wildman–Crippen LogP) is 3.88. The number of carbonyl (C=O) groups is 1. The molecule has 4 bridgehead atoms. The van der Waals surface area contributed by atoms with Crippen molar-refractivity contribution in [2.45, 2.75) is 45.1 Å². The summed E-state index contributed by atoms with van der Waals surface area (Å²) in [5.74, 6) is 4.19. The molecule has 0 N–H and O–H groups in total. The highest BCUT2D eigenvalue weighted by Crippen LogP contribution is 2.60. The Hall–Kier alpha value is -1.71. The van der Waals surface area contributed by atoms with Gasteiger partial charge in [0.1, 0.15) is 0 Å². The number of nitrogens with zero attached hydrogens (tertiary/aromatic N) is 1. The first-order valence-corrected chi connectivity index (χ1v) is 9.49. The molecule has 0 aliphatic heterocycles. The summed E-state index contributed by atoms with van der Waals surface area (Å²) >= 11 is 0. The minimum absolute atomic E-state index is 0.0694. The SMILES string of the molecule is COc1ccc(CN(C)C(=O)C23CC4CC(CC(C4)C2)C3)cc1OC. The number of hydrogen-bond acceptors (Lipinski definition) is 3. The maximum atomic E-state index is 13.3. The average molecular weight is 343 g/mol. The largest absolute Gasteiger partial charge is 0.493 e. The van der Waals surface area contributed by atoms with Crippen molar-refractivity contribution < 1.29 is 14.3 Å². The van der Waals surface area contributed by atoms with Gasteiger partial charge in [-0.25, -0.2) is 0 Å². The first kappa shape index (κ1) is 16.7. The molecule has 0 aromatic heterocycles. The van der Waals surface area contributed by atoms with Crippen LogP contribution in [-0.4, -0.2) is 32.1 Å². The van der Waals surface area contributed by atoms with E-state index >= 15 is 0 Å². The molecule has 136 valence electrons. The van der Waals surface area contributed by atoms with Crippen molar-refractivity contribution in [3.63, 3.8) is 0 Å². The topological polar surface area (TPSA) is 38.8 Å². The minimum Gasteiger partial charge on any atom is -0.493 e. The van der Waals surface area contributed by atoms with E-state index in [1.165, 1.54) is 19.3 Å². The lowest BCUT2D eigenvalue weighted by atomic mass is 9.49. The Balaban J connectivity index is 1.49. The zero-order chi connectivity index (χ0) is 17.6. The number of rotatable bonds is 5. The van der Waals surface area contributed by atoms with Crippen LogP contribution in [0, 0.1) is 23.2 Å². The van der Waals surface area contributed by atoms with Crippen molar-refractivity contribution in [1.82, 2.24) is 4.90 Å². The second-order valence-corrected chi connectivity index (χ2v) is 8.55. The van der Waals surface area contributed by atoms with Gasteiger partial charge in [0, 0.05) is 13.6 Å². The van der Waals surface area contributed by atoms with Gasteiger partial charge in [0.05, 0.1) is 19.6 Å². The number of carbonyl (C=O) groups excluding carboxylic acids is 1. The van der Waals surface area contributed by atoms with E-state index in [0.29, 0.717) is 12.5 Å². The Morgan fingerprint density at radius 2 is 1.60 bits per heavy atom. The highest BCUT2D eigenvalue weighted by Gasteiger charge is 2.55. The highest BCUT2D eigenvalue weighted by molar-refractivity contribution is 5.83. The summed E-state index contributed by atoms with van der Waals surface area (Å²) in [6.45, 7) is 0.626. The predicted molar refractivity (Wildman–Crippen MR) is 96.6 cm³/mol. The number of ether oxygens (including phenoxy) is 2. The number of amides is 1. The molecule has 4 aliphatic rings. The van der Waals surface area contributed by atoms with Gasteiger partial charge in [0.15, 0.2) is 11.5 Å². The molecule has 4 aliphatic carbocycles. The standard InChI is InChI=1S/C21H29NO3/c1-22(13-14-4-5-18(24-2)19(9-14)25-3)20(23)21-10-15-6-16(11-21)8-17(7-15)12-21/h4-5,9,15-17H,6-8,10-13H2,1-3H3. The van der Waals surface area contributed by atoms with Gasteiger partial charge in [-0.3, -0.25) is 4.79 Å². The van der Waals surface area contributed by atoms with Gasteiger partial charge in [0.2, 0.25) is 5.91 Å². The summed E-state index contributed by atoms with van der Waals surface area (Å²) in [4.78, 5) is 15.3. The average Bonchev–Trinajstić information content (AvgIpc) is 2.59. The van der Waals surface area contributed by atoms with Gasteiger partial charge in [-0.1, -0.05) is 6.07 Å². The molecular weight excluding hydrogens is 314 g/mol. The summed E-state index contributed by atoms with van der Waals surface area (Å²) in [7, 11) is 5.24. The molecule has 0 unspecified atom stereocenters. The Morgan fingerprint density at radius 3 is 2.12 bits per heavy atom. The molecule has 0 saturated heterocycles. The zero-order valence-corrected chi connectivity index (χ0v) is 15.6. The second-order valence-electron chi connectivity index (χ2n) is 8.55. The van der Waals surface area contributed by atoms with Crippen LogP contribution in [0.3, 0.4) is 0 Å². The number of benzene rings is 1. The first-order chi connectivity index (χ1) is 12.0. The quantitative estimate of drug-likeness (QED) is 0.814. The van der Waals surface area contributed by atoms with Crippen molar-refractivity contribution in [2.75, 3.05) is 21.3 Å². The molecule has 0 heterocycles. The van der Waals surface area contributed by atoms with Crippen LogP contribution >= 0.6 is 0 Å². The number of hydrogen-bond donors (Lipinski definition) is 0. The lowest BCUT2D eigenvalue weighted by Gasteiger charge is -2.56. The number of methoxy groups -OCH3 is 2. The van der Waals surface area contributed by atoms with E-state index in [-0.39, 0.29) is 5.41 Å². The molecule has 4 nitrogen and oxygen atoms in total. The minimum atomic E-state index is -0.0694. The van der Waals surface area contributed by atoms with Crippen LogP contribution in [0.1, 0.15) is 44.1 Å². The van der Waals surface area contributed by atoms with E-state index in [2.05, 4.69) is 0 Å². The Labute approximate surface area is 150 Å². The molecule has 0 spiro atoms. The Morgan fingerprint density at radius 1 is 1.04 bits per heavy atom. The van der Waals surface area contributed by atoms with Crippen molar-refractivity contribution in [2.24, 2.45) is 23.2 Å². The van der Waals surface area contributed by atoms with Gasteiger partial charge in [0.25, 0.3) is 0 Å². The molecule has 0 atom stereocenters. The first-order valence-electron chi connectivity index (χ1n) is 9.49. The van der Waals surface area contributed by atoms with Gasteiger partial charge < -0.3 is 14.4 Å². The van der Waals surface area contributed by atoms with Crippen LogP contribution in [0.4, 0.5) is 0 Å². The van der Waals surface area contributed by atoms with Crippen LogP contribution in [-0.2, 0) is 11.3 Å². The van der Waals surface area contributed by atoms with E-state index in [1.807, 2.05) is 30.1 Å². The maximum Gasteiger partial charge on any atom is 0.228 e. The molecule has 1 aromatic carbocycles. The molecule has 1 aromatic rings. The van der Waals surface area contributed by atoms with Crippen molar-refractivity contribution >= 4 is 5.91 Å². The molecule has 5 rings (SSSR count). The second kappa shape index (κ2) is 6.22. The van der Waals surface area contributed by atoms with Crippen molar-refractivity contribution in [1.29, 1.82) is 0 Å². The van der Waals surface area contributed by atoms with Crippen molar-refractivity contribution in [3.8, 4) is 11.5 Å². The summed E-state index contributed by atoms with van der Waals surface area (Å²) in [5, 5.41) is 0. The molecule has 25 heavy (non-hydrogen) atoms. The van der Waals surface area contributed by atoms with Gasteiger partial charge in [-0.2, -0.15) is 0 Å². The Bertz CT molecular complexity index is 634. The Kier molecular flexibility index (Phi) is 4.17. The van der Waals surface area contributed by atoms with Crippen LogP contribution in [0.2, 0.25) is 0 Å².